The van der Waals surface area contributed by atoms with Crippen molar-refractivity contribution in [2.45, 2.75) is 12.1 Å². The lowest BCUT2D eigenvalue weighted by atomic mass is 9.90. The summed E-state index contributed by atoms with van der Waals surface area (Å²) in [5.74, 6) is -2.30. The van der Waals surface area contributed by atoms with Crippen LogP contribution < -0.4 is 4.90 Å². The van der Waals surface area contributed by atoms with Gasteiger partial charge in [0.25, 0.3) is 29.1 Å². The van der Waals surface area contributed by atoms with E-state index in [1.54, 1.807) is 17.5 Å². The van der Waals surface area contributed by atoms with Crippen LogP contribution in [0.4, 0.5) is 17.1 Å². The second kappa shape index (κ2) is 7.71. The lowest BCUT2D eigenvalue weighted by molar-refractivity contribution is -0.384. The molecule has 0 saturated carbocycles. The van der Waals surface area contributed by atoms with Crippen molar-refractivity contribution >= 4 is 57.7 Å². The molecule has 1 saturated heterocycles. The van der Waals surface area contributed by atoms with Gasteiger partial charge in [0.15, 0.2) is 0 Å². The van der Waals surface area contributed by atoms with E-state index in [-0.39, 0.29) is 27.5 Å². The third-order valence-electron chi connectivity index (χ3n) is 5.69. The number of carbonyl (C=O) groups excluding carboxylic acids is 3. The van der Waals surface area contributed by atoms with Gasteiger partial charge in [-0.15, -0.1) is 11.3 Å². The van der Waals surface area contributed by atoms with E-state index in [1.165, 1.54) is 29.5 Å². The van der Waals surface area contributed by atoms with Gasteiger partial charge in [0, 0.05) is 28.1 Å². The van der Waals surface area contributed by atoms with Crippen molar-refractivity contribution < 1.29 is 24.2 Å². The number of nitro benzene ring substituents is 2. The van der Waals surface area contributed by atoms with Gasteiger partial charge in [0.1, 0.15) is 17.8 Å². The Kier molecular flexibility index (Phi) is 4.92. The summed E-state index contributed by atoms with van der Waals surface area (Å²) in [4.78, 5) is 63.5. The smallest absolute Gasteiger partial charge is 0.293 e. The molecule has 5 rings (SSSR count). The molecule has 2 aromatic carbocycles. The van der Waals surface area contributed by atoms with Crippen molar-refractivity contribution in [1.29, 1.82) is 0 Å². The molecule has 0 spiro atoms. The summed E-state index contributed by atoms with van der Waals surface area (Å²) >= 11 is 7.16. The number of rotatable bonds is 5. The maximum atomic E-state index is 13.4. The van der Waals surface area contributed by atoms with Crippen LogP contribution in [0, 0.1) is 20.2 Å². The fraction of sp³-hybridized carbons (Fsp3) is 0.0952. The number of anilines is 1. The minimum atomic E-state index is -1.28. The minimum Gasteiger partial charge on any atom is -0.293 e. The zero-order valence-electron chi connectivity index (χ0n) is 16.8. The molecule has 0 radical (unpaired) electrons. The third-order valence-corrected chi connectivity index (χ3v) is 6.86. The van der Waals surface area contributed by atoms with E-state index >= 15 is 0 Å². The van der Waals surface area contributed by atoms with Gasteiger partial charge in [-0.05, 0) is 29.6 Å². The lowest BCUT2D eigenvalue weighted by Gasteiger charge is -2.48. The van der Waals surface area contributed by atoms with Crippen molar-refractivity contribution in [1.82, 2.24) is 4.90 Å². The lowest BCUT2D eigenvalue weighted by Crippen LogP contribution is -2.67. The fourth-order valence-electron chi connectivity index (χ4n) is 4.20. The van der Waals surface area contributed by atoms with Crippen molar-refractivity contribution in [2.24, 2.45) is 0 Å². The van der Waals surface area contributed by atoms with Crippen molar-refractivity contribution in [3.63, 3.8) is 0 Å². The first-order valence-corrected chi connectivity index (χ1v) is 10.9. The topological polar surface area (TPSA) is 144 Å². The van der Waals surface area contributed by atoms with Crippen LogP contribution in [-0.2, 0) is 4.79 Å². The number of nitro groups is 2. The van der Waals surface area contributed by atoms with E-state index in [1.807, 2.05) is 0 Å². The molecule has 3 aromatic rings. The summed E-state index contributed by atoms with van der Waals surface area (Å²) in [6, 6.07) is 8.37. The van der Waals surface area contributed by atoms with Crippen LogP contribution in [0.1, 0.15) is 31.6 Å². The highest BCUT2D eigenvalue weighted by Crippen LogP contribution is 2.48. The van der Waals surface area contributed by atoms with E-state index in [0.717, 1.165) is 28.0 Å². The number of nitrogens with zero attached hydrogens (tertiary/aromatic N) is 4. The number of fused-ring (bicyclic) bond motifs is 1. The summed E-state index contributed by atoms with van der Waals surface area (Å²) < 4.78 is 0. The van der Waals surface area contributed by atoms with E-state index in [2.05, 4.69) is 0 Å². The highest BCUT2D eigenvalue weighted by Gasteiger charge is 2.58. The summed E-state index contributed by atoms with van der Waals surface area (Å²) in [7, 11) is 0. The van der Waals surface area contributed by atoms with Gasteiger partial charge in [-0.2, -0.15) is 0 Å². The number of hydrogen-bond acceptors (Lipinski definition) is 8. The number of halogens is 1. The number of thiophene rings is 1. The molecule has 2 atom stereocenters. The Morgan fingerprint density at radius 1 is 0.853 bits per heavy atom. The Morgan fingerprint density at radius 2 is 1.59 bits per heavy atom. The molecule has 0 bridgehead atoms. The molecule has 2 aliphatic rings. The molecule has 3 heterocycles. The molecule has 170 valence electrons. The van der Waals surface area contributed by atoms with Crippen molar-refractivity contribution in [3.8, 4) is 0 Å². The summed E-state index contributed by atoms with van der Waals surface area (Å²) in [6.07, 6.45) is 0. The standard InChI is InChI=1S/C21H11ClN4O7S/c22-10-3-6-14(15(8-10)26(32)33)23-17(16-2-1-7-34-16)18(21(23)29)24-19(27)12-5-4-11(25(30)31)9-13(12)20(24)28/h1-9,17-18H. The normalized spacial score (nSPS) is 19.3. The van der Waals surface area contributed by atoms with Crippen LogP contribution in [-0.4, -0.2) is 38.5 Å². The first-order chi connectivity index (χ1) is 16.2. The van der Waals surface area contributed by atoms with E-state index < -0.39 is 45.3 Å². The number of non-ortho nitro benzene ring substituents is 1. The van der Waals surface area contributed by atoms with Crippen LogP contribution >= 0.6 is 22.9 Å². The molecule has 11 nitrogen and oxygen atoms in total. The summed E-state index contributed by atoms with van der Waals surface area (Å²) in [5.41, 5.74) is -1.02. The number of amides is 3. The maximum absolute atomic E-state index is 13.4. The van der Waals surface area contributed by atoms with E-state index in [0.29, 0.717) is 4.88 Å². The van der Waals surface area contributed by atoms with Gasteiger partial charge in [-0.3, -0.25) is 44.4 Å². The fourth-order valence-corrected chi connectivity index (χ4v) is 5.21. The number of β-lactam (4-membered cyclic amide) rings is 1. The van der Waals surface area contributed by atoms with E-state index in [9.17, 15) is 34.6 Å². The Hall–Kier alpha value is -4.16. The van der Waals surface area contributed by atoms with Gasteiger partial charge in [-0.25, -0.2) is 0 Å². The van der Waals surface area contributed by atoms with Crippen LogP contribution in [0.25, 0.3) is 0 Å². The highest BCUT2D eigenvalue weighted by atomic mass is 35.5. The molecular formula is C21H11ClN4O7S. The summed E-state index contributed by atoms with van der Waals surface area (Å²) in [5, 5.41) is 24.6. The molecule has 2 aliphatic heterocycles. The first kappa shape index (κ1) is 21.7. The Balaban J connectivity index is 1.59. The van der Waals surface area contributed by atoms with Crippen LogP contribution in [0.3, 0.4) is 0 Å². The predicted molar refractivity (Wildman–Crippen MR) is 120 cm³/mol. The average Bonchev–Trinajstić information content (AvgIpc) is 3.41. The second-order valence-corrected chi connectivity index (χ2v) is 8.89. The quantitative estimate of drug-likeness (QED) is 0.224. The zero-order valence-corrected chi connectivity index (χ0v) is 18.4. The molecule has 1 aromatic heterocycles. The van der Waals surface area contributed by atoms with Crippen LogP contribution in [0.5, 0.6) is 0 Å². The molecule has 13 heteroatoms. The number of benzene rings is 2. The SMILES string of the molecule is O=C1c2ccc([N+](=O)[O-])cc2C(=O)N1C1C(=O)N(c2ccc(Cl)cc2[N+](=O)[O-])C1c1cccs1. The third kappa shape index (κ3) is 3.07. The molecule has 0 aliphatic carbocycles. The van der Waals surface area contributed by atoms with E-state index in [4.69, 9.17) is 11.6 Å². The van der Waals surface area contributed by atoms with Gasteiger partial charge in [0.2, 0.25) is 0 Å². The average molecular weight is 499 g/mol. The molecule has 1 fully saturated rings. The first-order valence-electron chi connectivity index (χ1n) is 9.67. The largest absolute Gasteiger partial charge is 0.294 e. The van der Waals surface area contributed by atoms with Gasteiger partial charge in [0.05, 0.1) is 21.0 Å². The molecular weight excluding hydrogens is 488 g/mol. The van der Waals surface area contributed by atoms with Gasteiger partial charge >= 0.3 is 0 Å². The maximum Gasteiger partial charge on any atom is 0.294 e. The predicted octanol–water partition coefficient (Wildman–Crippen LogP) is 3.97. The summed E-state index contributed by atoms with van der Waals surface area (Å²) in [6.45, 7) is 0. The number of carbonyl (C=O) groups is 3. The number of hydrogen-bond donors (Lipinski definition) is 0. The highest BCUT2D eigenvalue weighted by molar-refractivity contribution is 7.10. The molecule has 2 unspecified atom stereocenters. The van der Waals surface area contributed by atoms with Crippen LogP contribution in [0.2, 0.25) is 5.02 Å². The molecule has 34 heavy (non-hydrogen) atoms. The second-order valence-electron chi connectivity index (χ2n) is 7.47. The van der Waals surface area contributed by atoms with Crippen molar-refractivity contribution in [2.75, 3.05) is 4.90 Å². The van der Waals surface area contributed by atoms with Gasteiger partial charge in [-0.1, -0.05) is 17.7 Å². The van der Waals surface area contributed by atoms with Gasteiger partial charge < -0.3 is 0 Å². The Morgan fingerprint density at radius 3 is 2.24 bits per heavy atom. The monoisotopic (exact) mass is 498 g/mol. The molecule has 3 amide bonds. The van der Waals surface area contributed by atoms with Crippen LogP contribution in [0.15, 0.2) is 53.9 Å². The number of imide groups is 1. The van der Waals surface area contributed by atoms with Crippen molar-refractivity contribution in [3.05, 3.63) is 95.2 Å². The molecule has 0 N–H and O–H groups in total. The Bertz CT molecular complexity index is 1420. The zero-order chi connectivity index (χ0) is 24.3. The Labute approximate surface area is 199 Å². The minimum absolute atomic E-state index is 0.0266.